The number of urea groups is 1. The first kappa shape index (κ1) is 26.6. The Hall–Kier alpha value is -4.45. The van der Waals surface area contributed by atoms with E-state index in [2.05, 4.69) is 53.8 Å². The lowest BCUT2D eigenvalue weighted by Crippen LogP contribution is -2.36. The predicted molar refractivity (Wildman–Crippen MR) is 151 cm³/mol. The third kappa shape index (κ3) is 6.65. The molecule has 0 aliphatic rings. The van der Waals surface area contributed by atoms with E-state index in [4.69, 9.17) is 14.2 Å². The molecular formula is C32H34N2O4. The first-order valence-electron chi connectivity index (χ1n) is 12.6. The molecule has 0 atom stereocenters. The lowest BCUT2D eigenvalue weighted by atomic mass is 9.88. The number of carbonyl (C=O) groups is 1. The smallest absolute Gasteiger partial charge is 0.322 e. The fraction of sp³-hybridized carbons (Fsp3) is 0.219. The Morgan fingerprint density at radius 1 is 0.737 bits per heavy atom. The number of nitrogens with zero attached hydrogens (tertiary/aromatic N) is 1. The van der Waals surface area contributed by atoms with Gasteiger partial charge < -0.3 is 24.4 Å². The number of nitrogens with one attached hydrogen (secondary N) is 1. The van der Waals surface area contributed by atoms with Gasteiger partial charge in [0.1, 0.15) is 17.2 Å². The molecule has 0 saturated heterocycles. The van der Waals surface area contributed by atoms with Crippen molar-refractivity contribution in [1.29, 1.82) is 0 Å². The summed E-state index contributed by atoms with van der Waals surface area (Å²) in [6.07, 6.45) is 0.746. The molecule has 196 valence electrons. The van der Waals surface area contributed by atoms with Crippen molar-refractivity contribution in [1.82, 2.24) is 4.90 Å². The molecule has 6 nitrogen and oxygen atoms in total. The molecule has 0 aliphatic carbocycles. The summed E-state index contributed by atoms with van der Waals surface area (Å²) in [7, 11) is 4.81. The zero-order valence-electron chi connectivity index (χ0n) is 22.1. The fourth-order valence-corrected chi connectivity index (χ4v) is 4.57. The van der Waals surface area contributed by atoms with Crippen LogP contribution in [0.5, 0.6) is 17.2 Å². The van der Waals surface area contributed by atoms with Crippen molar-refractivity contribution in [3.63, 3.8) is 0 Å². The predicted octanol–water partition coefficient (Wildman–Crippen LogP) is 6.97. The average Bonchev–Trinajstić information content (AvgIpc) is 2.98. The number of amides is 2. The van der Waals surface area contributed by atoms with Crippen LogP contribution in [0.25, 0.3) is 0 Å². The van der Waals surface area contributed by atoms with Gasteiger partial charge in [-0.05, 0) is 35.7 Å². The average molecular weight is 511 g/mol. The summed E-state index contributed by atoms with van der Waals surface area (Å²) in [5.74, 6) is 2.07. The van der Waals surface area contributed by atoms with Gasteiger partial charge in [0.05, 0.1) is 33.6 Å². The number of ether oxygens (including phenoxy) is 3. The van der Waals surface area contributed by atoms with E-state index >= 15 is 0 Å². The van der Waals surface area contributed by atoms with Gasteiger partial charge in [0.15, 0.2) is 0 Å². The van der Waals surface area contributed by atoms with Crippen LogP contribution in [0.15, 0.2) is 103 Å². The van der Waals surface area contributed by atoms with E-state index < -0.39 is 0 Å². The Balaban J connectivity index is 1.62. The summed E-state index contributed by atoms with van der Waals surface area (Å²) in [5, 5.41) is 3.04. The molecule has 38 heavy (non-hydrogen) atoms. The molecule has 0 aliphatic heterocycles. The van der Waals surface area contributed by atoms with Crippen LogP contribution in [-0.2, 0) is 6.54 Å². The molecule has 0 saturated carbocycles. The molecular weight excluding hydrogens is 476 g/mol. The number of hydrogen-bond donors (Lipinski definition) is 1. The van der Waals surface area contributed by atoms with Crippen LogP contribution in [0, 0.1) is 0 Å². The van der Waals surface area contributed by atoms with Gasteiger partial charge in [-0.2, -0.15) is 0 Å². The molecule has 4 aromatic rings. The summed E-state index contributed by atoms with van der Waals surface area (Å²) >= 11 is 0. The first-order chi connectivity index (χ1) is 18.6. The van der Waals surface area contributed by atoms with Gasteiger partial charge >= 0.3 is 6.03 Å². The van der Waals surface area contributed by atoms with Crippen molar-refractivity contribution in [3.05, 3.63) is 120 Å². The van der Waals surface area contributed by atoms with E-state index in [0.717, 1.165) is 17.7 Å². The van der Waals surface area contributed by atoms with Crippen LogP contribution in [-0.4, -0.2) is 38.8 Å². The number of para-hydroxylation sites is 1. The molecule has 0 fully saturated rings. The van der Waals surface area contributed by atoms with Crippen LogP contribution >= 0.6 is 0 Å². The van der Waals surface area contributed by atoms with E-state index in [1.165, 1.54) is 11.1 Å². The van der Waals surface area contributed by atoms with Gasteiger partial charge in [0.2, 0.25) is 0 Å². The Labute approximate surface area is 224 Å². The van der Waals surface area contributed by atoms with E-state index in [1.807, 2.05) is 41.3 Å². The molecule has 0 unspecified atom stereocenters. The Bertz CT molecular complexity index is 1270. The minimum absolute atomic E-state index is 0.140. The van der Waals surface area contributed by atoms with E-state index in [0.29, 0.717) is 30.3 Å². The normalized spacial score (nSPS) is 10.6. The Kier molecular flexibility index (Phi) is 9.24. The van der Waals surface area contributed by atoms with Crippen LogP contribution in [0.2, 0.25) is 0 Å². The summed E-state index contributed by atoms with van der Waals surface area (Å²) in [5.41, 5.74) is 3.94. The summed E-state index contributed by atoms with van der Waals surface area (Å²) in [6, 6.07) is 33.7. The number of rotatable bonds is 11. The van der Waals surface area contributed by atoms with Crippen LogP contribution in [0.4, 0.5) is 10.5 Å². The minimum Gasteiger partial charge on any atom is -0.497 e. The van der Waals surface area contributed by atoms with Crippen molar-refractivity contribution >= 4 is 11.7 Å². The zero-order chi connectivity index (χ0) is 26.7. The summed E-state index contributed by atoms with van der Waals surface area (Å²) in [6.45, 7) is 0.918. The highest BCUT2D eigenvalue weighted by atomic mass is 16.5. The lowest BCUT2D eigenvalue weighted by Gasteiger charge is -2.27. The van der Waals surface area contributed by atoms with Crippen molar-refractivity contribution in [2.75, 3.05) is 33.2 Å². The summed E-state index contributed by atoms with van der Waals surface area (Å²) in [4.78, 5) is 15.5. The molecule has 0 bridgehead atoms. The monoisotopic (exact) mass is 510 g/mol. The van der Waals surface area contributed by atoms with Crippen molar-refractivity contribution in [2.45, 2.75) is 18.9 Å². The number of anilines is 1. The van der Waals surface area contributed by atoms with Gasteiger partial charge in [-0.25, -0.2) is 4.79 Å². The third-order valence-electron chi connectivity index (χ3n) is 6.58. The quantitative estimate of drug-likeness (QED) is 0.237. The molecule has 4 rings (SSSR count). The third-order valence-corrected chi connectivity index (χ3v) is 6.58. The molecule has 0 spiro atoms. The lowest BCUT2D eigenvalue weighted by molar-refractivity contribution is 0.206. The van der Waals surface area contributed by atoms with Crippen LogP contribution < -0.4 is 19.5 Å². The van der Waals surface area contributed by atoms with Gasteiger partial charge in [0, 0.05) is 24.1 Å². The topological polar surface area (TPSA) is 60.0 Å². The van der Waals surface area contributed by atoms with E-state index in [-0.39, 0.29) is 11.9 Å². The Morgan fingerprint density at radius 2 is 1.34 bits per heavy atom. The molecule has 0 radical (unpaired) electrons. The highest BCUT2D eigenvalue weighted by Crippen LogP contribution is 2.31. The van der Waals surface area contributed by atoms with Crippen molar-refractivity contribution in [2.24, 2.45) is 0 Å². The first-order valence-corrected chi connectivity index (χ1v) is 12.6. The van der Waals surface area contributed by atoms with Crippen molar-refractivity contribution in [3.8, 4) is 17.2 Å². The largest absolute Gasteiger partial charge is 0.497 e. The number of methoxy groups -OCH3 is 3. The standard InChI is InChI=1S/C32H34N2O4/c1-36-27-18-19-29(31(22-27)38-3)33-32(35)34(23-26-16-10-11-17-30(26)37-2)21-20-28(24-12-6-4-7-13-24)25-14-8-5-9-15-25/h4-19,22,28H,20-21,23H2,1-3H3,(H,33,35). The van der Waals surface area contributed by atoms with E-state index in [9.17, 15) is 4.79 Å². The second kappa shape index (κ2) is 13.2. The number of carbonyl (C=O) groups excluding carboxylic acids is 1. The second-order valence-electron chi connectivity index (χ2n) is 8.89. The SMILES string of the molecule is COc1ccc(NC(=O)N(CCC(c2ccccc2)c2ccccc2)Cc2ccccc2OC)c(OC)c1. The minimum atomic E-state index is -0.223. The molecule has 6 heteroatoms. The maximum atomic E-state index is 13.7. The van der Waals surface area contributed by atoms with Gasteiger partial charge in [-0.15, -0.1) is 0 Å². The molecule has 1 N–H and O–H groups in total. The highest BCUT2D eigenvalue weighted by molar-refractivity contribution is 5.91. The number of benzene rings is 4. The maximum Gasteiger partial charge on any atom is 0.322 e. The van der Waals surface area contributed by atoms with E-state index in [1.54, 1.807) is 39.5 Å². The maximum absolute atomic E-state index is 13.7. The number of hydrogen-bond acceptors (Lipinski definition) is 4. The molecule has 2 amide bonds. The zero-order valence-corrected chi connectivity index (χ0v) is 22.1. The molecule has 4 aromatic carbocycles. The van der Waals surface area contributed by atoms with Crippen molar-refractivity contribution < 1.29 is 19.0 Å². The highest BCUT2D eigenvalue weighted by Gasteiger charge is 2.21. The second-order valence-corrected chi connectivity index (χ2v) is 8.89. The van der Waals surface area contributed by atoms with Gasteiger partial charge in [-0.1, -0.05) is 78.9 Å². The summed E-state index contributed by atoms with van der Waals surface area (Å²) < 4.78 is 16.4. The Morgan fingerprint density at radius 3 is 1.95 bits per heavy atom. The van der Waals surface area contributed by atoms with Crippen LogP contribution in [0.3, 0.4) is 0 Å². The van der Waals surface area contributed by atoms with Crippen LogP contribution in [0.1, 0.15) is 29.0 Å². The van der Waals surface area contributed by atoms with Gasteiger partial charge in [0.25, 0.3) is 0 Å². The van der Waals surface area contributed by atoms with Gasteiger partial charge in [-0.3, -0.25) is 0 Å². The molecule has 0 aromatic heterocycles. The fourth-order valence-electron chi connectivity index (χ4n) is 4.57. The molecule has 0 heterocycles.